The number of anilines is 1. The summed E-state index contributed by atoms with van der Waals surface area (Å²) in [7, 11) is 0. The van der Waals surface area contributed by atoms with Crippen molar-refractivity contribution < 1.29 is 9.53 Å². The molecule has 0 spiro atoms. The van der Waals surface area contributed by atoms with E-state index in [2.05, 4.69) is 10.3 Å². The molecule has 4 heteroatoms. The Morgan fingerprint density at radius 1 is 1.09 bits per heavy atom. The molecular formula is C19H18N2O2. The van der Waals surface area contributed by atoms with E-state index in [0.717, 1.165) is 22.3 Å². The predicted molar refractivity (Wildman–Crippen MR) is 92.0 cm³/mol. The summed E-state index contributed by atoms with van der Waals surface area (Å²) in [5.41, 5.74) is 3.01. The highest BCUT2D eigenvalue weighted by molar-refractivity contribution is 6.08. The molecule has 0 aliphatic heterocycles. The molecule has 23 heavy (non-hydrogen) atoms. The summed E-state index contributed by atoms with van der Waals surface area (Å²) in [4.78, 5) is 17.0. The minimum absolute atomic E-state index is 0.163. The first-order valence-corrected chi connectivity index (χ1v) is 7.58. The lowest BCUT2D eigenvalue weighted by Gasteiger charge is -2.09. The molecule has 0 unspecified atom stereocenters. The Morgan fingerprint density at radius 3 is 2.61 bits per heavy atom. The van der Waals surface area contributed by atoms with E-state index in [0.29, 0.717) is 17.9 Å². The van der Waals surface area contributed by atoms with Gasteiger partial charge in [0.2, 0.25) is 0 Å². The van der Waals surface area contributed by atoms with Crippen molar-refractivity contribution in [3.8, 4) is 5.75 Å². The van der Waals surface area contributed by atoms with Crippen molar-refractivity contribution >= 4 is 22.5 Å². The van der Waals surface area contributed by atoms with Crippen LogP contribution in [0.3, 0.4) is 0 Å². The van der Waals surface area contributed by atoms with Crippen LogP contribution in [0.4, 0.5) is 5.69 Å². The normalized spacial score (nSPS) is 10.5. The quantitative estimate of drug-likeness (QED) is 0.786. The molecule has 3 rings (SSSR count). The van der Waals surface area contributed by atoms with Gasteiger partial charge in [-0.05, 0) is 50.2 Å². The van der Waals surface area contributed by atoms with E-state index in [4.69, 9.17) is 4.74 Å². The fourth-order valence-corrected chi connectivity index (χ4v) is 2.41. The van der Waals surface area contributed by atoms with Gasteiger partial charge in [-0.2, -0.15) is 0 Å². The Hall–Kier alpha value is -2.88. The number of fused-ring (bicyclic) bond motifs is 1. The van der Waals surface area contributed by atoms with Gasteiger partial charge in [-0.3, -0.25) is 9.78 Å². The number of hydrogen-bond donors (Lipinski definition) is 1. The highest BCUT2D eigenvalue weighted by Gasteiger charge is 2.09. The van der Waals surface area contributed by atoms with Gasteiger partial charge in [-0.15, -0.1) is 0 Å². The number of amides is 1. The number of para-hydroxylation sites is 1. The molecule has 0 aliphatic rings. The number of nitrogens with zero attached hydrogens (tertiary/aromatic N) is 1. The van der Waals surface area contributed by atoms with E-state index in [-0.39, 0.29) is 5.91 Å². The van der Waals surface area contributed by atoms with E-state index >= 15 is 0 Å². The molecule has 2 aromatic carbocycles. The number of hydrogen-bond acceptors (Lipinski definition) is 3. The first-order chi connectivity index (χ1) is 11.2. The molecule has 0 radical (unpaired) electrons. The Balaban J connectivity index is 1.86. The topological polar surface area (TPSA) is 51.2 Å². The van der Waals surface area contributed by atoms with Gasteiger partial charge >= 0.3 is 0 Å². The van der Waals surface area contributed by atoms with E-state index in [1.807, 2.05) is 44.2 Å². The summed E-state index contributed by atoms with van der Waals surface area (Å²) >= 11 is 0. The first kappa shape index (κ1) is 15.0. The highest BCUT2D eigenvalue weighted by atomic mass is 16.5. The maximum absolute atomic E-state index is 12.4. The fourth-order valence-electron chi connectivity index (χ4n) is 2.41. The van der Waals surface area contributed by atoms with Gasteiger partial charge in [0.1, 0.15) is 5.75 Å². The number of rotatable bonds is 4. The first-order valence-electron chi connectivity index (χ1n) is 7.58. The Morgan fingerprint density at radius 2 is 1.87 bits per heavy atom. The number of ether oxygens (including phenoxy) is 1. The molecule has 116 valence electrons. The molecule has 1 N–H and O–H groups in total. The van der Waals surface area contributed by atoms with Gasteiger partial charge in [-0.1, -0.05) is 18.2 Å². The van der Waals surface area contributed by atoms with Crippen molar-refractivity contribution in [2.75, 3.05) is 11.9 Å². The third kappa shape index (κ3) is 3.31. The third-order valence-corrected chi connectivity index (χ3v) is 3.54. The van der Waals surface area contributed by atoms with Crippen LogP contribution in [0, 0.1) is 6.92 Å². The minimum Gasteiger partial charge on any atom is -0.494 e. The van der Waals surface area contributed by atoms with Crippen molar-refractivity contribution in [1.29, 1.82) is 0 Å². The van der Waals surface area contributed by atoms with Crippen molar-refractivity contribution in [3.05, 3.63) is 65.9 Å². The maximum atomic E-state index is 12.4. The molecule has 0 saturated heterocycles. The van der Waals surface area contributed by atoms with Crippen molar-refractivity contribution in [1.82, 2.24) is 4.98 Å². The minimum atomic E-state index is -0.163. The maximum Gasteiger partial charge on any atom is 0.255 e. The van der Waals surface area contributed by atoms with Crippen molar-refractivity contribution in [3.63, 3.8) is 0 Å². The van der Waals surface area contributed by atoms with Crippen molar-refractivity contribution in [2.45, 2.75) is 13.8 Å². The van der Waals surface area contributed by atoms with Crippen LogP contribution in [0.5, 0.6) is 5.75 Å². The number of benzene rings is 2. The molecule has 1 aromatic heterocycles. The zero-order valence-electron chi connectivity index (χ0n) is 13.2. The summed E-state index contributed by atoms with van der Waals surface area (Å²) in [6, 6.07) is 16.8. The van der Waals surface area contributed by atoms with E-state index in [1.54, 1.807) is 24.3 Å². The monoisotopic (exact) mass is 306 g/mol. The van der Waals surface area contributed by atoms with Gasteiger partial charge in [0.05, 0.1) is 17.8 Å². The number of aromatic nitrogens is 1. The summed E-state index contributed by atoms with van der Waals surface area (Å²) in [6.07, 6.45) is 0. The molecule has 4 nitrogen and oxygen atoms in total. The second kappa shape index (κ2) is 6.48. The molecule has 1 amide bonds. The summed E-state index contributed by atoms with van der Waals surface area (Å²) in [6.45, 7) is 4.47. The molecule has 0 saturated carbocycles. The molecule has 3 aromatic rings. The van der Waals surface area contributed by atoms with Gasteiger partial charge < -0.3 is 10.1 Å². The SMILES string of the molecule is CCOc1ccc(C(=O)Nc2cccc3ccc(C)nc23)cc1. The largest absolute Gasteiger partial charge is 0.494 e. The zero-order valence-corrected chi connectivity index (χ0v) is 13.2. The van der Waals surface area contributed by atoms with Crippen LogP contribution in [0.2, 0.25) is 0 Å². The lowest BCUT2D eigenvalue weighted by Crippen LogP contribution is -2.12. The van der Waals surface area contributed by atoms with E-state index in [1.165, 1.54) is 0 Å². The Labute approximate surface area is 135 Å². The molecule has 0 bridgehead atoms. The lowest BCUT2D eigenvalue weighted by atomic mass is 10.1. The highest BCUT2D eigenvalue weighted by Crippen LogP contribution is 2.22. The fraction of sp³-hybridized carbons (Fsp3) is 0.158. The number of carbonyl (C=O) groups excluding carboxylic acids is 1. The summed E-state index contributed by atoms with van der Waals surface area (Å²) in [5.74, 6) is 0.593. The van der Waals surface area contributed by atoms with E-state index in [9.17, 15) is 4.79 Å². The summed E-state index contributed by atoms with van der Waals surface area (Å²) < 4.78 is 5.39. The van der Waals surface area contributed by atoms with Crippen LogP contribution in [-0.4, -0.2) is 17.5 Å². The average Bonchev–Trinajstić information content (AvgIpc) is 2.56. The second-order valence-corrected chi connectivity index (χ2v) is 5.24. The van der Waals surface area contributed by atoms with Gasteiger partial charge in [0.15, 0.2) is 0 Å². The van der Waals surface area contributed by atoms with Gasteiger partial charge in [-0.25, -0.2) is 0 Å². The van der Waals surface area contributed by atoms with Gasteiger partial charge in [0.25, 0.3) is 5.91 Å². The standard InChI is InChI=1S/C19H18N2O2/c1-3-23-16-11-9-15(10-12-16)19(22)21-17-6-4-5-14-8-7-13(2)20-18(14)17/h4-12H,3H2,1-2H3,(H,21,22). The number of carbonyl (C=O) groups is 1. The number of pyridine rings is 1. The van der Waals surface area contributed by atoms with Crippen LogP contribution in [0.1, 0.15) is 23.0 Å². The van der Waals surface area contributed by atoms with Crippen LogP contribution < -0.4 is 10.1 Å². The number of nitrogens with one attached hydrogen (secondary N) is 1. The average molecular weight is 306 g/mol. The van der Waals surface area contributed by atoms with Gasteiger partial charge in [0, 0.05) is 16.6 Å². The van der Waals surface area contributed by atoms with Crippen LogP contribution in [0.25, 0.3) is 10.9 Å². The molecule has 1 heterocycles. The van der Waals surface area contributed by atoms with Crippen LogP contribution in [-0.2, 0) is 0 Å². The molecule has 0 atom stereocenters. The van der Waals surface area contributed by atoms with Crippen molar-refractivity contribution in [2.24, 2.45) is 0 Å². The predicted octanol–water partition coefficient (Wildman–Crippen LogP) is 4.19. The Kier molecular flexibility index (Phi) is 4.24. The molecular weight excluding hydrogens is 288 g/mol. The zero-order chi connectivity index (χ0) is 16.2. The third-order valence-electron chi connectivity index (χ3n) is 3.54. The second-order valence-electron chi connectivity index (χ2n) is 5.24. The summed E-state index contributed by atoms with van der Waals surface area (Å²) in [5, 5.41) is 3.94. The van der Waals surface area contributed by atoms with E-state index < -0.39 is 0 Å². The molecule has 0 aliphatic carbocycles. The van der Waals surface area contributed by atoms with Crippen LogP contribution in [0.15, 0.2) is 54.6 Å². The van der Waals surface area contributed by atoms with Crippen LogP contribution >= 0.6 is 0 Å². The smallest absolute Gasteiger partial charge is 0.255 e. The lowest BCUT2D eigenvalue weighted by molar-refractivity contribution is 0.102. The molecule has 0 fully saturated rings. The Bertz CT molecular complexity index is 842. The number of aryl methyl sites for hydroxylation is 1.